The fourth-order valence-electron chi connectivity index (χ4n) is 1.48. The number of carbonyl (C=O) groups is 1. The maximum absolute atomic E-state index is 10.4. The molecule has 0 spiro atoms. The zero-order valence-electron chi connectivity index (χ0n) is 7.93. The molecule has 2 rings (SSSR count). The Bertz CT molecular complexity index is 447. The predicted octanol–water partition coefficient (Wildman–Crippen LogP) is 2.52. The van der Waals surface area contributed by atoms with E-state index in [1.54, 1.807) is 6.20 Å². The van der Waals surface area contributed by atoms with E-state index in [4.69, 9.17) is 4.52 Å². The number of hydrogen-bond donors (Lipinski definition) is 0. The number of aldehydes is 1. The molecule has 1 unspecified atom stereocenters. The molecule has 72 valence electrons. The third-order valence-corrected chi connectivity index (χ3v) is 2.40. The SMILES string of the molecule is CC(CC=O)c1ccc2oncc2c1. The van der Waals surface area contributed by atoms with Crippen LogP contribution in [0, 0.1) is 0 Å². The van der Waals surface area contributed by atoms with Crippen molar-refractivity contribution in [2.24, 2.45) is 0 Å². The summed E-state index contributed by atoms with van der Waals surface area (Å²) in [5, 5.41) is 4.69. The van der Waals surface area contributed by atoms with Crippen LogP contribution in [0.2, 0.25) is 0 Å². The van der Waals surface area contributed by atoms with Crippen molar-refractivity contribution in [2.75, 3.05) is 0 Å². The Hall–Kier alpha value is -1.64. The highest BCUT2D eigenvalue weighted by atomic mass is 16.5. The Balaban J connectivity index is 2.38. The van der Waals surface area contributed by atoms with Gasteiger partial charge in [0.05, 0.1) is 6.20 Å². The molecular formula is C11H11NO2. The topological polar surface area (TPSA) is 43.1 Å². The lowest BCUT2D eigenvalue weighted by atomic mass is 9.98. The molecule has 0 radical (unpaired) electrons. The molecule has 0 bridgehead atoms. The van der Waals surface area contributed by atoms with Crippen LogP contribution in [0.15, 0.2) is 28.9 Å². The second-order valence-corrected chi connectivity index (χ2v) is 3.43. The highest BCUT2D eigenvalue weighted by Crippen LogP contribution is 2.22. The molecule has 0 N–H and O–H groups in total. The van der Waals surface area contributed by atoms with Gasteiger partial charge in [-0.25, -0.2) is 0 Å². The smallest absolute Gasteiger partial charge is 0.166 e. The van der Waals surface area contributed by atoms with Crippen LogP contribution in [0.3, 0.4) is 0 Å². The molecule has 0 aliphatic carbocycles. The third kappa shape index (κ3) is 1.53. The minimum atomic E-state index is 0.256. The summed E-state index contributed by atoms with van der Waals surface area (Å²) in [6.45, 7) is 2.03. The zero-order valence-corrected chi connectivity index (χ0v) is 7.93. The van der Waals surface area contributed by atoms with Crippen LogP contribution in [0.25, 0.3) is 11.0 Å². The van der Waals surface area contributed by atoms with Crippen LogP contribution in [-0.2, 0) is 4.79 Å². The van der Waals surface area contributed by atoms with Gasteiger partial charge in [-0.1, -0.05) is 18.1 Å². The van der Waals surface area contributed by atoms with Gasteiger partial charge < -0.3 is 9.32 Å². The second-order valence-electron chi connectivity index (χ2n) is 3.43. The van der Waals surface area contributed by atoms with Crippen LogP contribution >= 0.6 is 0 Å². The number of hydrogen-bond acceptors (Lipinski definition) is 3. The Kier molecular flexibility index (Phi) is 2.31. The highest BCUT2D eigenvalue weighted by molar-refractivity contribution is 5.76. The summed E-state index contributed by atoms with van der Waals surface area (Å²) in [5.41, 5.74) is 1.93. The molecule has 0 saturated heterocycles. The lowest BCUT2D eigenvalue weighted by Crippen LogP contribution is -1.93. The largest absolute Gasteiger partial charge is 0.356 e. The molecule has 2 aromatic rings. The monoisotopic (exact) mass is 189 g/mol. The number of benzene rings is 1. The Labute approximate surface area is 81.7 Å². The standard InChI is InChI=1S/C11H11NO2/c1-8(4-5-13)9-2-3-11-10(6-9)7-12-14-11/h2-3,5-8H,4H2,1H3. The van der Waals surface area contributed by atoms with Crippen molar-refractivity contribution in [3.8, 4) is 0 Å². The zero-order chi connectivity index (χ0) is 9.97. The van der Waals surface area contributed by atoms with Crippen LogP contribution in [0.5, 0.6) is 0 Å². The quantitative estimate of drug-likeness (QED) is 0.697. The molecule has 14 heavy (non-hydrogen) atoms. The first-order valence-electron chi connectivity index (χ1n) is 4.59. The lowest BCUT2D eigenvalue weighted by Gasteiger charge is -2.06. The van der Waals surface area contributed by atoms with E-state index in [-0.39, 0.29) is 5.92 Å². The van der Waals surface area contributed by atoms with E-state index >= 15 is 0 Å². The number of aromatic nitrogens is 1. The van der Waals surface area contributed by atoms with Gasteiger partial charge in [-0.2, -0.15) is 0 Å². The van der Waals surface area contributed by atoms with Gasteiger partial charge in [-0.05, 0) is 23.6 Å². The summed E-state index contributed by atoms with van der Waals surface area (Å²) in [6, 6.07) is 5.88. The molecule has 1 aromatic heterocycles. The minimum Gasteiger partial charge on any atom is -0.356 e. The molecule has 0 aliphatic heterocycles. The average Bonchev–Trinajstić information content (AvgIpc) is 2.64. The van der Waals surface area contributed by atoms with Gasteiger partial charge in [-0.15, -0.1) is 0 Å². The lowest BCUT2D eigenvalue weighted by molar-refractivity contribution is -0.108. The van der Waals surface area contributed by atoms with Crippen molar-refractivity contribution in [2.45, 2.75) is 19.3 Å². The molecule has 3 heteroatoms. The van der Waals surface area contributed by atoms with Crippen LogP contribution in [0.1, 0.15) is 24.8 Å². The van der Waals surface area contributed by atoms with Gasteiger partial charge in [0, 0.05) is 11.8 Å². The normalized spacial score (nSPS) is 12.9. The predicted molar refractivity (Wildman–Crippen MR) is 53.1 cm³/mol. The van der Waals surface area contributed by atoms with Crippen molar-refractivity contribution in [1.82, 2.24) is 5.16 Å². The van der Waals surface area contributed by atoms with Crippen molar-refractivity contribution in [3.63, 3.8) is 0 Å². The molecule has 1 heterocycles. The molecule has 3 nitrogen and oxygen atoms in total. The highest BCUT2D eigenvalue weighted by Gasteiger charge is 2.06. The average molecular weight is 189 g/mol. The van der Waals surface area contributed by atoms with Gasteiger partial charge in [-0.3, -0.25) is 0 Å². The van der Waals surface area contributed by atoms with E-state index in [0.717, 1.165) is 22.8 Å². The molecular weight excluding hydrogens is 178 g/mol. The first-order valence-corrected chi connectivity index (χ1v) is 4.59. The molecule has 0 fully saturated rings. The van der Waals surface area contributed by atoms with E-state index in [9.17, 15) is 4.79 Å². The van der Waals surface area contributed by atoms with Crippen molar-refractivity contribution < 1.29 is 9.32 Å². The van der Waals surface area contributed by atoms with E-state index in [2.05, 4.69) is 5.16 Å². The number of fused-ring (bicyclic) bond motifs is 1. The van der Waals surface area contributed by atoms with Gasteiger partial charge >= 0.3 is 0 Å². The summed E-state index contributed by atoms with van der Waals surface area (Å²) in [7, 11) is 0. The fraction of sp³-hybridized carbons (Fsp3) is 0.273. The first-order chi connectivity index (χ1) is 6.81. The maximum atomic E-state index is 10.4. The van der Waals surface area contributed by atoms with Crippen LogP contribution in [0.4, 0.5) is 0 Å². The Morgan fingerprint density at radius 2 is 2.43 bits per heavy atom. The Morgan fingerprint density at radius 1 is 1.57 bits per heavy atom. The summed E-state index contributed by atoms with van der Waals surface area (Å²) in [5.74, 6) is 0.256. The first kappa shape index (κ1) is 8.94. The summed E-state index contributed by atoms with van der Waals surface area (Å²) >= 11 is 0. The number of rotatable bonds is 3. The van der Waals surface area contributed by atoms with Crippen LogP contribution < -0.4 is 0 Å². The van der Waals surface area contributed by atoms with Gasteiger partial charge in [0.2, 0.25) is 0 Å². The number of carbonyl (C=O) groups excluding carboxylic acids is 1. The molecule has 0 aliphatic rings. The van der Waals surface area contributed by atoms with Crippen LogP contribution in [-0.4, -0.2) is 11.4 Å². The molecule has 1 atom stereocenters. The second kappa shape index (κ2) is 3.62. The van der Waals surface area contributed by atoms with E-state index in [1.165, 1.54) is 0 Å². The van der Waals surface area contributed by atoms with Crippen molar-refractivity contribution in [3.05, 3.63) is 30.0 Å². The van der Waals surface area contributed by atoms with E-state index < -0.39 is 0 Å². The van der Waals surface area contributed by atoms with E-state index in [0.29, 0.717) is 6.42 Å². The number of nitrogens with zero attached hydrogens (tertiary/aromatic N) is 1. The van der Waals surface area contributed by atoms with E-state index in [1.807, 2.05) is 25.1 Å². The molecule has 0 saturated carbocycles. The maximum Gasteiger partial charge on any atom is 0.166 e. The molecule has 0 amide bonds. The van der Waals surface area contributed by atoms with Gasteiger partial charge in [0.15, 0.2) is 5.58 Å². The van der Waals surface area contributed by atoms with Gasteiger partial charge in [0.25, 0.3) is 0 Å². The third-order valence-electron chi connectivity index (χ3n) is 2.40. The summed E-state index contributed by atoms with van der Waals surface area (Å²) in [6.07, 6.45) is 3.19. The summed E-state index contributed by atoms with van der Waals surface area (Å²) < 4.78 is 4.99. The minimum absolute atomic E-state index is 0.256. The fourth-order valence-corrected chi connectivity index (χ4v) is 1.48. The van der Waals surface area contributed by atoms with Crippen molar-refractivity contribution in [1.29, 1.82) is 0 Å². The summed E-state index contributed by atoms with van der Waals surface area (Å²) in [4.78, 5) is 10.4. The van der Waals surface area contributed by atoms with Gasteiger partial charge in [0.1, 0.15) is 6.29 Å². The van der Waals surface area contributed by atoms with Crippen molar-refractivity contribution >= 4 is 17.3 Å². The Morgan fingerprint density at radius 3 is 3.21 bits per heavy atom. The molecule has 1 aromatic carbocycles.